The summed E-state index contributed by atoms with van der Waals surface area (Å²) in [5.74, 6) is 1.38. The van der Waals surface area contributed by atoms with E-state index < -0.39 is 10.0 Å². The zero-order valence-corrected chi connectivity index (χ0v) is 16.9. The van der Waals surface area contributed by atoms with Crippen molar-refractivity contribution in [1.82, 2.24) is 4.31 Å². The average Bonchev–Trinajstić information content (AvgIpc) is 3.11. The maximum atomic E-state index is 12.9. The zero-order chi connectivity index (χ0) is 19.9. The SMILES string of the molecule is Cc1ccc(S(=O)(=O)N2CC[NH+](Cc3cc4c(cc3O)OCO4)CC2)cc1C. The van der Waals surface area contributed by atoms with Crippen LogP contribution in [-0.4, -0.2) is 50.8 Å². The van der Waals surface area contributed by atoms with Gasteiger partial charge >= 0.3 is 0 Å². The Balaban J connectivity index is 1.43. The Labute approximate surface area is 165 Å². The number of phenols is 1. The first kappa shape index (κ1) is 19.0. The highest BCUT2D eigenvalue weighted by Gasteiger charge is 2.31. The molecule has 0 aliphatic carbocycles. The van der Waals surface area contributed by atoms with Gasteiger partial charge in [-0.05, 0) is 43.2 Å². The number of benzene rings is 2. The molecule has 1 fully saturated rings. The molecule has 7 nitrogen and oxygen atoms in total. The van der Waals surface area contributed by atoms with Gasteiger partial charge in [0.2, 0.25) is 16.8 Å². The van der Waals surface area contributed by atoms with Crippen molar-refractivity contribution in [1.29, 1.82) is 0 Å². The smallest absolute Gasteiger partial charge is 0.243 e. The van der Waals surface area contributed by atoms with Crippen LogP contribution in [0.4, 0.5) is 0 Å². The minimum absolute atomic E-state index is 0.167. The molecule has 28 heavy (non-hydrogen) atoms. The number of piperazine rings is 1. The number of quaternary nitrogens is 1. The van der Waals surface area contributed by atoms with Gasteiger partial charge in [0.15, 0.2) is 11.5 Å². The van der Waals surface area contributed by atoms with Crippen molar-refractivity contribution in [2.24, 2.45) is 0 Å². The predicted molar refractivity (Wildman–Crippen MR) is 103 cm³/mol. The number of aromatic hydroxyl groups is 1. The Morgan fingerprint density at radius 1 is 1.04 bits per heavy atom. The highest BCUT2D eigenvalue weighted by molar-refractivity contribution is 7.89. The molecule has 2 aliphatic heterocycles. The van der Waals surface area contributed by atoms with E-state index in [1.807, 2.05) is 26.0 Å². The normalized spacial score (nSPS) is 17.8. The van der Waals surface area contributed by atoms with E-state index in [0.29, 0.717) is 49.1 Å². The number of hydrogen-bond acceptors (Lipinski definition) is 5. The highest BCUT2D eigenvalue weighted by Crippen LogP contribution is 2.37. The van der Waals surface area contributed by atoms with Crippen LogP contribution in [0, 0.1) is 13.8 Å². The van der Waals surface area contributed by atoms with Gasteiger partial charge in [-0.25, -0.2) is 8.42 Å². The Kier molecular flexibility index (Phi) is 4.95. The van der Waals surface area contributed by atoms with Gasteiger partial charge in [0.05, 0.1) is 36.6 Å². The first-order chi connectivity index (χ1) is 13.3. The minimum atomic E-state index is -3.48. The molecule has 0 aromatic heterocycles. The van der Waals surface area contributed by atoms with Crippen LogP contribution in [0.3, 0.4) is 0 Å². The standard InChI is InChI=1S/C20H24N2O5S/c1-14-3-4-17(9-15(14)2)28(24,25)22-7-5-21(6-8-22)12-16-10-19-20(11-18(16)23)27-13-26-19/h3-4,9-11,23H,5-8,12-13H2,1-2H3/p+1. The van der Waals surface area contributed by atoms with Gasteiger partial charge in [0.1, 0.15) is 12.3 Å². The molecule has 1 saturated heterocycles. The third kappa shape index (κ3) is 3.55. The van der Waals surface area contributed by atoms with Crippen molar-refractivity contribution < 1.29 is 27.9 Å². The van der Waals surface area contributed by atoms with Crippen LogP contribution in [0.5, 0.6) is 17.2 Å². The van der Waals surface area contributed by atoms with E-state index in [4.69, 9.17) is 9.47 Å². The van der Waals surface area contributed by atoms with Crippen LogP contribution in [-0.2, 0) is 16.6 Å². The summed E-state index contributed by atoms with van der Waals surface area (Å²) in [5, 5.41) is 10.2. The molecule has 0 atom stereocenters. The van der Waals surface area contributed by atoms with Gasteiger partial charge in [-0.3, -0.25) is 0 Å². The van der Waals surface area contributed by atoms with Crippen molar-refractivity contribution in [2.45, 2.75) is 25.3 Å². The Bertz CT molecular complexity index is 998. The van der Waals surface area contributed by atoms with Crippen LogP contribution in [0.15, 0.2) is 35.2 Å². The quantitative estimate of drug-likeness (QED) is 0.788. The second-order valence-corrected chi connectivity index (χ2v) is 9.35. The molecule has 2 aromatic rings. The second-order valence-electron chi connectivity index (χ2n) is 7.41. The van der Waals surface area contributed by atoms with E-state index >= 15 is 0 Å². The second kappa shape index (κ2) is 7.27. The predicted octanol–water partition coefficient (Wildman–Crippen LogP) is 0.827. The third-order valence-corrected chi connectivity index (χ3v) is 7.45. The largest absolute Gasteiger partial charge is 0.507 e. The summed E-state index contributed by atoms with van der Waals surface area (Å²) < 4.78 is 38.1. The van der Waals surface area contributed by atoms with Crippen LogP contribution in [0.25, 0.3) is 0 Å². The number of hydrogen-bond donors (Lipinski definition) is 2. The lowest BCUT2D eigenvalue weighted by Crippen LogP contribution is -3.13. The first-order valence-electron chi connectivity index (χ1n) is 9.37. The van der Waals surface area contributed by atoms with Crippen molar-refractivity contribution in [2.75, 3.05) is 33.0 Å². The summed E-state index contributed by atoms with van der Waals surface area (Å²) in [7, 11) is -3.48. The molecule has 0 radical (unpaired) electrons. The molecule has 4 rings (SSSR count). The van der Waals surface area contributed by atoms with Crippen LogP contribution in [0.1, 0.15) is 16.7 Å². The average molecular weight is 405 g/mol. The summed E-state index contributed by atoms with van der Waals surface area (Å²) in [6, 6.07) is 8.67. The van der Waals surface area contributed by atoms with Gasteiger partial charge in [-0.2, -0.15) is 4.31 Å². The zero-order valence-electron chi connectivity index (χ0n) is 16.1. The van der Waals surface area contributed by atoms with Gasteiger partial charge < -0.3 is 19.5 Å². The Morgan fingerprint density at radius 3 is 2.39 bits per heavy atom. The molecular weight excluding hydrogens is 380 g/mol. The van der Waals surface area contributed by atoms with Gasteiger partial charge in [0, 0.05) is 6.07 Å². The fourth-order valence-electron chi connectivity index (χ4n) is 3.63. The minimum Gasteiger partial charge on any atom is -0.507 e. The van der Waals surface area contributed by atoms with Crippen molar-refractivity contribution in [3.63, 3.8) is 0 Å². The molecule has 8 heteroatoms. The number of aryl methyl sites for hydroxylation is 2. The maximum absolute atomic E-state index is 12.9. The molecule has 2 heterocycles. The number of nitrogens with one attached hydrogen (secondary N) is 1. The van der Waals surface area contributed by atoms with Crippen LogP contribution < -0.4 is 14.4 Å². The fourth-order valence-corrected chi connectivity index (χ4v) is 5.15. The number of ether oxygens (including phenoxy) is 2. The highest BCUT2D eigenvalue weighted by atomic mass is 32.2. The van der Waals surface area contributed by atoms with Gasteiger partial charge in [-0.1, -0.05) is 6.07 Å². The summed E-state index contributed by atoms with van der Waals surface area (Å²) in [5.41, 5.74) is 2.84. The first-order valence-corrected chi connectivity index (χ1v) is 10.8. The van der Waals surface area contributed by atoms with Gasteiger partial charge in [0.25, 0.3) is 0 Å². The number of fused-ring (bicyclic) bond motifs is 1. The number of nitrogens with zero attached hydrogens (tertiary/aromatic N) is 1. The van der Waals surface area contributed by atoms with E-state index in [1.165, 1.54) is 4.90 Å². The molecule has 2 N–H and O–H groups in total. The van der Waals surface area contributed by atoms with Crippen LogP contribution >= 0.6 is 0 Å². The van der Waals surface area contributed by atoms with E-state index in [2.05, 4.69) is 0 Å². The molecule has 2 aromatic carbocycles. The van der Waals surface area contributed by atoms with Crippen molar-refractivity contribution in [3.05, 3.63) is 47.0 Å². The third-order valence-electron chi connectivity index (χ3n) is 5.56. The number of phenolic OH excluding ortho intramolecular Hbond substituents is 1. The summed E-state index contributed by atoms with van der Waals surface area (Å²) >= 11 is 0. The lowest BCUT2D eigenvalue weighted by atomic mass is 10.1. The molecule has 0 unspecified atom stereocenters. The van der Waals surface area contributed by atoms with E-state index in [0.717, 1.165) is 16.7 Å². The molecule has 150 valence electrons. The topological polar surface area (TPSA) is 80.5 Å². The molecule has 0 spiro atoms. The summed E-state index contributed by atoms with van der Waals surface area (Å²) in [6.45, 7) is 6.94. The maximum Gasteiger partial charge on any atom is 0.243 e. The van der Waals surface area contributed by atoms with Crippen molar-refractivity contribution in [3.8, 4) is 17.2 Å². The lowest BCUT2D eigenvalue weighted by Gasteiger charge is -2.31. The summed E-state index contributed by atoms with van der Waals surface area (Å²) in [4.78, 5) is 1.58. The summed E-state index contributed by atoms with van der Waals surface area (Å²) in [6.07, 6.45) is 0. The molecule has 0 saturated carbocycles. The van der Waals surface area contributed by atoms with Crippen molar-refractivity contribution >= 4 is 10.0 Å². The number of sulfonamides is 1. The van der Waals surface area contributed by atoms with E-state index in [1.54, 1.807) is 22.5 Å². The fraction of sp³-hybridized carbons (Fsp3) is 0.400. The Morgan fingerprint density at radius 2 is 1.71 bits per heavy atom. The lowest BCUT2D eigenvalue weighted by molar-refractivity contribution is -0.917. The molecule has 0 bridgehead atoms. The van der Waals surface area contributed by atoms with E-state index in [9.17, 15) is 13.5 Å². The monoisotopic (exact) mass is 405 g/mol. The van der Waals surface area contributed by atoms with Crippen LogP contribution in [0.2, 0.25) is 0 Å². The molecular formula is C20H25N2O5S+. The number of rotatable bonds is 4. The van der Waals surface area contributed by atoms with E-state index in [-0.39, 0.29) is 12.5 Å². The molecule has 0 amide bonds. The van der Waals surface area contributed by atoms with Gasteiger partial charge in [-0.15, -0.1) is 0 Å². The molecule has 2 aliphatic rings. The Hall–Kier alpha value is -2.29.